The van der Waals surface area contributed by atoms with E-state index < -0.39 is 0 Å². The highest BCUT2D eigenvalue weighted by Gasteiger charge is 2.33. The normalized spacial score (nSPS) is 23.9. The van der Waals surface area contributed by atoms with Crippen LogP contribution >= 0.6 is 0 Å². The van der Waals surface area contributed by atoms with Crippen LogP contribution in [0.25, 0.3) is 0 Å². The topological polar surface area (TPSA) is 3.24 Å². The quantitative estimate of drug-likeness (QED) is 0.485. The van der Waals surface area contributed by atoms with Crippen LogP contribution < -0.4 is 0 Å². The Kier molecular flexibility index (Phi) is 7.44. The zero-order valence-corrected chi connectivity index (χ0v) is 18.3. The molecule has 2 aliphatic rings. The number of likely N-dealkylation sites (tertiary alicyclic amines) is 1. The van der Waals surface area contributed by atoms with Crippen LogP contribution in [0.2, 0.25) is 0 Å². The van der Waals surface area contributed by atoms with Gasteiger partial charge in [-0.25, -0.2) is 0 Å². The molecule has 1 heterocycles. The summed E-state index contributed by atoms with van der Waals surface area (Å²) in [5.41, 5.74) is 6.31. The molecule has 0 aromatic heterocycles. The fourth-order valence-corrected chi connectivity index (χ4v) is 5.22. The predicted molar refractivity (Wildman–Crippen MR) is 118 cm³/mol. The van der Waals surface area contributed by atoms with Crippen molar-refractivity contribution < 1.29 is 0 Å². The standard InChI is InChI=1S/C26H41N/c1-5-7-13-26-23(16-17-27(26)24-11-9-8-10-12-24)19-22-15-14-20(3)18-25(22)21(4)6-2/h13-15,18,21,23-24H,5-12,16-17,19H2,1-4H3/b26-13-/t21-,23?/m1/s1. The van der Waals surface area contributed by atoms with Crippen molar-refractivity contribution in [3.63, 3.8) is 0 Å². The molecule has 2 atom stereocenters. The summed E-state index contributed by atoms with van der Waals surface area (Å²) in [7, 11) is 0. The smallest absolute Gasteiger partial charge is 0.0286 e. The van der Waals surface area contributed by atoms with Crippen molar-refractivity contribution in [1.29, 1.82) is 0 Å². The van der Waals surface area contributed by atoms with E-state index in [1.807, 2.05) is 0 Å². The number of hydrogen-bond donors (Lipinski definition) is 0. The molecule has 1 aliphatic carbocycles. The monoisotopic (exact) mass is 367 g/mol. The van der Waals surface area contributed by atoms with Gasteiger partial charge in [-0.3, -0.25) is 0 Å². The number of aryl methyl sites for hydroxylation is 1. The van der Waals surface area contributed by atoms with Crippen LogP contribution in [0.5, 0.6) is 0 Å². The SMILES string of the molecule is CCC/C=C1/C(Cc2ccc(C)cc2[C@H](C)CC)CCN1C1CCCCC1. The minimum absolute atomic E-state index is 0.666. The Hall–Kier alpha value is -1.24. The van der Waals surface area contributed by atoms with E-state index in [9.17, 15) is 0 Å². The van der Waals surface area contributed by atoms with Crippen molar-refractivity contribution in [2.24, 2.45) is 5.92 Å². The predicted octanol–water partition coefficient (Wildman–Crippen LogP) is 7.39. The number of hydrogen-bond acceptors (Lipinski definition) is 1. The second-order valence-electron chi connectivity index (χ2n) is 9.10. The van der Waals surface area contributed by atoms with Crippen molar-refractivity contribution in [1.82, 2.24) is 4.90 Å². The van der Waals surface area contributed by atoms with E-state index in [-0.39, 0.29) is 0 Å². The number of rotatable bonds is 7. The lowest BCUT2D eigenvalue weighted by Gasteiger charge is -2.35. The molecule has 1 aliphatic heterocycles. The third-order valence-corrected chi connectivity index (χ3v) is 7.04. The average Bonchev–Trinajstić information content (AvgIpc) is 3.10. The molecule has 1 nitrogen and oxygen atoms in total. The lowest BCUT2D eigenvalue weighted by Crippen LogP contribution is -2.33. The fraction of sp³-hybridized carbons (Fsp3) is 0.692. The highest BCUT2D eigenvalue weighted by atomic mass is 15.2. The van der Waals surface area contributed by atoms with E-state index in [4.69, 9.17) is 0 Å². The number of nitrogens with zero attached hydrogens (tertiary/aromatic N) is 1. The molecule has 1 saturated carbocycles. The average molecular weight is 368 g/mol. The summed E-state index contributed by atoms with van der Waals surface area (Å²) in [5, 5.41) is 0. The van der Waals surface area contributed by atoms with Crippen LogP contribution in [0, 0.1) is 12.8 Å². The van der Waals surface area contributed by atoms with Gasteiger partial charge in [0, 0.05) is 24.2 Å². The number of allylic oxidation sites excluding steroid dienone is 2. The first kappa shape index (κ1) is 20.5. The lowest BCUT2D eigenvalue weighted by atomic mass is 9.86. The third-order valence-electron chi connectivity index (χ3n) is 7.04. The van der Waals surface area contributed by atoms with E-state index >= 15 is 0 Å². The first-order valence-corrected chi connectivity index (χ1v) is 11.7. The Morgan fingerprint density at radius 1 is 1.11 bits per heavy atom. The summed E-state index contributed by atoms with van der Waals surface area (Å²) in [6, 6.07) is 8.02. The van der Waals surface area contributed by atoms with Crippen LogP contribution in [0.4, 0.5) is 0 Å². The maximum Gasteiger partial charge on any atom is 0.0286 e. The van der Waals surface area contributed by atoms with Gasteiger partial charge in [-0.1, -0.05) is 76.3 Å². The Labute approximate surface area is 168 Å². The van der Waals surface area contributed by atoms with Gasteiger partial charge in [-0.2, -0.15) is 0 Å². The molecule has 1 heteroatoms. The van der Waals surface area contributed by atoms with Gasteiger partial charge in [0.25, 0.3) is 0 Å². The number of unbranched alkanes of at least 4 members (excludes halogenated alkanes) is 1. The van der Waals surface area contributed by atoms with Gasteiger partial charge >= 0.3 is 0 Å². The van der Waals surface area contributed by atoms with Gasteiger partial charge in [-0.05, 0) is 62.5 Å². The van der Waals surface area contributed by atoms with Gasteiger partial charge < -0.3 is 4.90 Å². The third kappa shape index (κ3) is 4.98. The first-order chi connectivity index (χ1) is 13.1. The molecule has 1 saturated heterocycles. The van der Waals surface area contributed by atoms with Crippen molar-refractivity contribution in [2.45, 2.75) is 104 Å². The summed E-state index contributed by atoms with van der Waals surface area (Å²) in [4.78, 5) is 2.83. The molecule has 0 amide bonds. The Balaban J connectivity index is 1.81. The van der Waals surface area contributed by atoms with Gasteiger partial charge in [0.05, 0.1) is 0 Å². The van der Waals surface area contributed by atoms with E-state index in [2.05, 4.69) is 56.9 Å². The summed E-state index contributed by atoms with van der Waals surface area (Å²) in [5.74, 6) is 1.39. The zero-order chi connectivity index (χ0) is 19.2. The van der Waals surface area contributed by atoms with Crippen LogP contribution in [-0.4, -0.2) is 17.5 Å². The molecule has 150 valence electrons. The minimum atomic E-state index is 0.666. The van der Waals surface area contributed by atoms with E-state index in [0.29, 0.717) is 5.92 Å². The van der Waals surface area contributed by atoms with E-state index in [1.165, 1.54) is 76.3 Å². The summed E-state index contributed by atoms with van der Waals surface area (Å²) >= 11 is 0. The van der Waals surface area contributed by atoms with Crippen LogP contribution in [-0.2, 0) is 6.42 Å². The van der Waals surface area contributed by atoms with Gasteiger partial charge in [0.1, 0.15) is 0 Å². The molecule has 1 aromatic carbocycles. The van der Waals surface area contributed by atoms with E-state index in [1.54, 1.807) is 16.8 Å². The second-order valence-corrected chi connectivity index (χ2v) is 9.10. The molecule has 3 rings (SSSR count). The minimum Gasteiger partial charge on any atom is -0.372 e. The van der Waals surface area contributed by atoms with E-state index in [0.717, 1.165) is 12.0 Å². The summed E-state index contributed by atoms with van der Waals surface area (Å²) in [6.07, 6.45) is 16.1. The largest absolute Gasteiger partial charge is 0.372 e. The first-order valence-electron chi connectivity index (χ1n) is 11.7. The highest BCUT2D eigenvalue weighted by molar-refractivity contribution is 5.35. The van der Waals surface area contributed by atoms with Crippen LogP contribution in [0.1, 0.15) is 101 Å². The Bertz CT molecular complexity index is 623. The summed E-state index contributed by atoms with van der Waals surface area (Å²) in [6.45, 7) is 10.6. The summed E-state index contributed by atoms with van der Waals surface area (Å²) < 4.78 is 0. The maximum atomic E-state index is 2.83. The fourth-order valence-electron chi connectivity index (χ4n) is 5.22. The van der Waals surface area contributed by atoms with Gasteiger partial charge in [0.15, 0.2) is 0 Å². The molecule has 0 radical (unpaired) electrons. The van der Waals surface area contributed by atoms with Gasteiger partial charge in [-0.15, -0.1) is 0 Å². The van der Waals surface area contributed by atoms with Crippen LogP contribution in [0.15, 0.2) is 30.0 Å². The molecule has 1 unspecified atom stereocenters. The van der Waals surface area contributed by atoms with Crippen molar-refractivity contribution >= 4 is 0 Å². The van der Waals surface area contributed by atoms with Crippen molar-refractivity contribution in [2.75, 3.05) is 6.54 Å². The zero-order valence-electron chi connectivity index (χ0n) is 18.3. The van der Waals surface area contributed by atoms with Gasteiger partial charge in [0.2, 0.25) is 0 Å². The number of benzene rings is 1. The molecule has 0 bridgehead atoms. The molecule has 1 aromatic rings. The molecule has 27 heavy (non-hydrogen) atoms. The highest BCUT2D eigenvalue weighted by Crippen LogP contribution is 2.38. The Morgan fingerprint density at radius 3 is 2.59 bits per heavy atom. The molecule has 0 N–H and O–H groups in total. The van der Waals surface area contributed by atoms with Crippen molar-refractivity contribution in [3.8, 4) is 0 Å². The van der Waals surface area contributed by atoms with Crippen LogP contribution in [0.3, 0.4) is 0 Å². The Morgan fingerprint density at radius 2 is 1.89 bits per heavy atom. The molecular weight excluding hydrogens is 326 g/mol. The lowest BCUT2D eigenvalue weighted by molar-refractivity contribution is 0.220. The maximum absolute atomic E-state index is 2.83. The molecule has 2 fully saturated rings. The second kappa shape index (κ2) is 9.80. The molecule has 0 spiro atoms. The van der Waals surface area contributed by atoms with Crippen molar-refractivity contribution in [3.05, 3.63) is 46.7 Å². The molecular formula is C26H41N.